The molecule has 22 heavy (non-hydrogen) atoms. The Bertz CT molecular complexity index is 596. The Hall–Kier alpha value is -2.62. The lowest BCUT2D eigenvalue weighted by Crippen LogP contribution is -2.53. The molecule has 0 unspecified atom stereocenters. The molecular weight excluding hydrogens is 276 g/mol. The summed E-state index contributed by atoms with van der Waals surface area (Å²) < 4.78 is 0. The summed E-state index contributed by atoms with van der Waals surface area (Å²) in [6.07, 6.45) is 0. The Kier molecular flexibility index (Phi) is 4.19. The summed E-state index contributed by atoms with van der Waals surface area (Å²) in [5, 5.41) is 0. The van der Waals surface area contributed by atoms with Crippen LogP contribution in [0.3, 0.4) is 0 Å². The SMILES string of the molecule is O=C1C(=O)N(Cc2ccccc2)CCN1Cc1ccccc1. The fourth-order valence-corrected chi connectivity index (χ4v) is 2.62. The average molecular weight is 294 g/mol. The minimum absolute atomic E-state index is 0.411. The fraction of sp³-hybridized carbons (Fsp3) is 0.222. The van der Waals surface area contributed by atoms with Crippen molar-refractivity contribution in [2.75, 3.05) is 13.1 Å². The first-order chi connectivity index (χ1) is 10.7. The third-order valence-electron chi connectivity index (χ3n) is 3.83. The Morgan fingerprint density at radius 1 is 0.636 bits per heavy atom. The van der Waals surface area contributed by atoms with Gasteiger partial charge < -0.3 is 9.80 Å². The van der Waals surface area contributed by atoms with Gasteiger partial charge in [-0.3, -0.25) is 9.59 Å². The third-order valence-corrected chi connectivity index (χ3v) is 3.83. The van der Waals surface area contributed by atoms with E-state index in [0.717, 1.165) is 11.1 Å². The first-order valence-corrected chi connectivity index (χ1v) is 7.40. The largest absolute Gasteiger partial charge is 0.328 e. The van der Waals surface area contributed by atoms with Crippen LogP contribution in [0.5, 0.6) is 0 Å². The van der Waals surface area contributed by atoms with Crippen LogP contribution >= 0.6 is 0 Å². The third kappa shape index (κ3) is 3.17. The number of piperazine rings is 1. The maximum Gasteiger partial charge on any atom is 0.312 e. The highest BCUT2D eigenvalue weighted by atomic mass is 16.2. The Morgan fingerprint density at radius 3 is 1.36 bits per heavy atom. The summed E-state index contributed by atoms with van der Waals surface area (Å²) in [5.41, 5.74) is 2.08. The molecule has 1 aliphatic heterocycles. The van der Waals surface area contributed by atoms with Gasteiger partial charge in [0.2, 0.25) is 0 Å². The van der Waals surface area contributed by atoms with Gasteiger partial charge in [0.15, 0.2) is 0 Å². The molecular formula is C18H18N2O2. The van der Waals surface area contributed by atoms with Crippen molar-refractivity contribution in [3.8, 4) is 0 Å². The second-order valence-corrected chi connectivity index (χ2v) is 5.42. The van der Waals surface area contributed by atoms with Gasteiger partial charge in [-0.25, -0.2) is 0 Å². The van der Waals surface area contributed by atoms with Crippen molar-refractivity contribution in [3.05, 3.63) is 71.8 Å². The molecule has 0 bridgehead atoms. The summed E-state index contributed by atoms with van der Waals surface area (Å²) in [6, 6.07) is 19.5. The van der Waals surface area contributed by atoms with Crippen molar-refractivity contribution in [1.29, 1.82) is 0 Å². The molecule has 3 rings (SSSR count). The van der Waals surface area contributed by atoms with E-state index in [-0.39, 0.29) is 0 Å². The summed E-state index contributed by atoms with van der Waals surface area (Å²) in [6.45, 7) is 2.13. The maximum atomic E-state index is 12.3. The van der Waals surface area contributed by atoms with Crippen molar-refractivity contribution >= 4 is 11.8 Å². The molecule has 0 atom stereocenters. The number of rotatable bonds is 4. The Morgan fingerprint density at radius 2 is 1.00 bits per heavy atom. The van der Waals surface area contributed by atoms with Gasteiger partial charge in [-0.05, 0) is 11.1 Å². The Labute approximate surface area is 130 Å². The second kappa shape index (κ2) is 6.43. The molecule has 0 aromatic heterocycles. The molecule has 1 aliphatic rings. The predicted octanol–water partition coefficient (Wildman–Crippen LogP) is 2.06. The van der Waals surface area contributed by atoms with E-state index in [4.69, 9.17) is 0 Å². The summed E-state index contributed by atoms with van der Waals surface area (Å²) in [5.74, 6) is -0.822. The molecule has 4 nitrogen and oxygen atoms in total. The highest BCUT2D eigenvalue weighted by Crippen LogP contribution is 2.13. The van der Waals surface area contributed by atoms with E-state index in [2.05, 4.69) is 0 Å². The maximum absolute atomic E-state index is 12.3. The molecule has 0 aliphatic carbocycles. The van der Waals surface area contributed by atoms with E-state index in [9.17, 15) is 9.59 Å². The molecule has 2 amide bonds. The minimum atomic E-state index is -0.411. The van der Waals surface area contributed by atoms with Crippen LogP contribution in [0.1, 0.15) is 11.1 Å². The van der Waals surface area contributed by atoms with Gasteiger partial charge in [-0.2, -0.15) is 0 Å². The van der Waals surface area contributed by atoms with Gasteiger partial charge >= 0.3 is 11.8 Å². The lowest BCUT2D eigenvalue weighted by atomic mass is 10.1. The van der Waals surface area contributed by atoms with Crippen LogP contribution in [0.15, 0.2) is 60.7 Å². The van der Waals surface area contributed by atoms with Crippen molar-refractivity contribution in [1.82, 2.24) is 9.80 Å². The van der Waals surface area contributed by atoms with Crippen LogP contribution in [0.25, 0.3) is 0 Å². The molecule has 0 radical (unpaired) electrons. The zero-order valence-electron chi connectivity index (χ0n) is 12.3. The van der Waals surface area contributed by atoms with E-state index < -0.39 is 11.8 Å². The molecule has 0 N–H and O–H groups in total. The van der Waals surface area contributed by atoms with E-state index in [1.165, 1.54) is 0 Å². The zero-order chi connectivity index (χ0) is 15.4. The monoisotopic (exact) mass is 294 g/mol. The molecule has 1 heterocycles. The van der Waals surface area contributed by atoms with E-state index in [1.807, 2.05) is 60.7 Å². The van der Waals surface area contributed by atoms with Gasteiger partial charge in [0.25, 0.3) is 0 Å². The minimum Gasteiger partial charge on any atom is -0.328 e. The van der Waals surface area contributed by atoms with Gasteiger partial charge in [0.1, 0.15) is 0 Å². The lowest BCUT2D eigenvalue weighted by molar-refractivity contribution is -0.156. The van der Waals surface area contributed by atoms with Crippen molar-refractivity contribution < 1.29 is 9.59 Å². The van der Waals surface area contributed by atoms with E-state index in [1.54, 1.807) is 9.80 Å². The van der Waals surface area contributed by atoms with Gasteiger partial charge in [0, 0.05) is 26.2 Å². The highest BCUT2D eigenvalue weighted by Gasteiger charge is 2.32. The molecule has 1 saturated heterocycles. The summed E-state index contributed by atoms with van der Waals surface area (Å²) in [7, 11) is 0. The van der Waals surface area contributed by atoms with E-state index in [0.29, 0.717) is 26.2 Å². The zero-order valence-corrected chi connectivity index (χ0v) is 12.3. The first kappa shape index (κ1) is 14.3. The van der Waals surface area contributed by atoms with Crippen LogP contribution in [-0.2, 0) is 22.7 Å². The number of carbonyl (C=O) groups is 2. The predicted molar refractivity (Wildman–Crippen MR) is 83.7 cm³/mol. The second-order valence-electron chi connectivity index (χ2n) is 5.42. The fourth-order valence-electron chi connectivity index (χ4n) is 2.62. The van der Waals surface area contributed by atoms with E-state index >= 15 is 0 Å². The highest BCUT2D eigenvalue weighted by molar-refractivity contribution is 6.35. The van der Waals surface area contributed by atoms with Crippen LogP contribution in [0, 0.1) is 0 Å². The Balaban J connectivity index is 1.64. The van der Waals surface area contributed by atoms with Crippen molar-refractivity contribution in [2.24, 2.45) is 0 Å². The number of hydrogen-bond acceptors (Lipinski definition) is 2. The standard InChI is InChI=1S/C18H18N2O2/c21-17-18(22)20(14-16-9-5-2-6-10-16)12-11-19(17)13-15-7-3-1-4-8-15/h1-10H,11-14H2. The average Bonchev–Trinajstić information content (AvgIpc) is 2.56. The number of nitrogens with zero attached hydrogens (tertiary/aromatic N) is 2. The van der Waals surface area contributed by atoms with Gasteiger partial charge in [-0.1, -0.05) is 60.7 Å². The van der Waals surface area contributed by atoms with Gasteiger partial charge in [0.05, 0.1) is 0 Å². The molecule has 2 aromatic carbocycles. The number of hydrogen-bond donors (Lipinski definition) is 0. The molecule has 0 spiro atoms. The lowest BCUT2D eigenvalue weighted by Gasteiger charge is -2.33. The van der Waals surface area contributed by atoms with Crippen molar-refractivity contribution in [2.45, 2.75) is 13.1 Å². The molecule has 4 heteroatoms. The smallest absolute Gasteiger partial charge is 0.312 e. The topological polar surface area (TPSA) is 40.6 Å². The molecule has 1 fully saturated rings. The van der Waals surface area contributed by atoms with Gasteiger partial charge in [-0.15, -0.1) is 0 Å². The summed E-state index contributed by atoms with van der Waals surface area (Å²) in [4.78, 5) is 27.8. The first-order valence-electron chi connectivity index (χ1n) is 7.40. The van der Waals surface area contributed by atoms with Crippen LogP contribution in [0.2, 0.25) is 0 Å². The number of carbonyl (C=O) groups excluding carboxylic acids is 2. The van der Waals surface area contributed by atoms with Crippen LogP contribution in [0.4, 0.5) is 0 Å². The molecule has 0 saturated carbocycles. The van der Waals surface area contributed by atoms with Crippen LogP contribution in [-0.4, -0.2) is 34.7 Å². The number of benzene rings is 2. The number of amides is 2. The normalized spacial score (nSPS) is 15.3. The van der Waals surface area contributed by atoms with Crippen molar-refractivity contribution in [3.63, 3.8) is 0 Å². The molecule has 2 aromatic rings. The summed E-state index contributed by atoms with van der Waals surface area (Å²) >= 11 is 0. The molecule has 112 valence electrons. The van der Waals surface area contributed by atoms with Crippen LogP contribution < -0.4 is 0 Å². The quantitative estimate of drug-likeness (QED) is 0.810.